The van der Waals surface area contributed by atoms with E-state index >= 15 is 0 Å². The molecule has 0 radical (unpaired) electrons. The number of nitrogens with zero attached hydrogens (tertiary/aromatic N) is 1. The number of thiophene rings is 1. The van der Waals surface area contributed by atoms with Gasteiger partial charge in [0, 0.05) is 11.2 Å². The topological polar surface area (TPSA) is 57.8 Å². The van der Waals surface area contributed by atoms with Gasteiger partial charge in [0.25, 0.3) is 5.56 Å². The average Bonchev–Trinajstić information content (AvgIpc) is 3.51. The van der Waals surface area contributed by atoms with E-state index in [0.29, 0.717) is 6.54 Å². The van der Waals surface area contributed by atoms with Gasteiger partial charge in [0.1, 0.15) is 5.82 Å². The second kappa shape index (κ2) is 6.89. The van der Waals surface area contributed by atoms with Crippen molar-refractivity contribution >= 4 is 21.4 Å². The molecule has 3 heterocycles. The van der Waals surface area contributed by atoms with Crippen LogP contribution in [0.4, 0.5) is 0 Å². The standard InChI is InChI=1S/C25H23N3OS/c29-23-20-15-26-11-2-5-21(20)27-24(28-23)25(9-10-25)19-4-1-3-16(14-19)17-6-7-22-18(13-17)8-12-30-22/h1,3-4,6-8,12-14,26H,2,5,9-11,15H2,(H,27,28,29). The summed E-state index contributed by atoms with van der Waals surface area (Å²) in [7, 11) is 0. The smallest absolute Gasteiger partial charge is 0.255 e. The minimum atomic E-state index is -0.156. The normalized spacial score (nSPS) is 17.5. The molecule has 1 aliphatic heterocycles. The summed E-state index contributed by atoms with van der Waals surface area (Å²) in [6.45, 7) is 1.55. The van der Waals surface area contributed by atoms with Gasteiger partial charge in [-0.05, 0) is 77.9 Å². The zero-order valence-electron chi connectivity index (χ0n) is 16.7. The largest absolute Gasteiger partial charge is 0.312 e. The van der Waals surface area contributed by atoms with Gasteiger partial charge in [0.2, 0.25) is 0 Å². The lowest BCUT2D eigenvalue weighted by molar-refractivity contribution is 0.678. The Hall–Kier alpha value is -2.76. The summed E-state index contributed by atoms with van der Waals surface area (Å²) >= 11 is 1.77. The number of hydrogen-bond acceptors (Lipinski definition) is 4. The first kappa shape index (κ1) is 18.0. The fourth-order valence-corrected chi connectivity index (χ4v) is 5.46. The molecule has 2 aromatic heterocycles. The molecule has 5 heteroatoms. The van der Waals surface area contributed by atoms with Crippen molar-refractivity contribution in [2.24, 2.45) is 0 Å². The number of nitrogens with one attached hydrogen (secondary N) is 2. The summed E-state index contributed by atoms with van der Waals surface area (Å²) in [5.41, 5.74) is 5.35. The van der Waals surface area contributed by atoms with Crippen LogP contribution < -0.4 is 10.9 Å². The number of H-pyrrole nitrogens is 1. The summed E-state index contributed by atoms with van der Waals surface area (Å²) < 4.78 is 1.31. The monoisotopic (exact) mass is 413 g/mol. The van der Waals surface area contributed by atoms with E-state index in [1.165, 1.54) is 26.8 Å². The zero-order chi connectivity index (χ0) is 20.1. The lowest BCUT2D eigenvalue weighted by Gasteiger charge is -2.18. The van der Waals surface area contributed by atoms with Crippen molar-refractivity contribution < 1.29 is 0 Å². The van der Waals surface area contributed by atoms with Gasteiger partial charge in [-0.2, -0.15) is 0 Å². The quantitative estimate of drug-likeness (QED) is 0.509. The van der Waals surface area contributed by atoms with Crippen LogP contribution in [0.1, 0.15) is 41.9 Å². The van der Waals surface area contributed by atoms with Crippen molar-refractivity contribution in [2.75, 3.05) is 6.54 Å². The van der Waals surface area contributed by atoms with Crippen LogP contribution in [0, 0.1) is 0 Å². The van der Waals surface area contributed by atoms with Crippen LogP contribution in [0.5, 0.6) is 0 Å². The highest BCUT2D eigenvalue weighted by molar-refractivity contribution is 7.17. The van der Waals surface area contributed by atoms with E-state index < -0.39 is 0 Å². The van der Waals surface area contributed by atoms with E-state index in [9.17, 15) is 4.79 Å². The maximum absolute atomic E-state index is 12.8. The van der Waals surface area contributed by atoms with Crippen molar-refractivity contribution in [3.05, 3.63) is 86.9 Å². The first-order valence-electron chi connectivity index (χ1n) is 10.6. The Morgan fingerprint density at radius 2 is 1.93 bits per heavy atom. The minimum absolute atomic E-state index is 0.0229. The summed E-state index contributed by atoms with van der Waals surface area (Å²) in [6.07, 6.45) is 3.95. The molecular weight excluding hydrogens is 390 g/mol. The van der Waals surface area contributed by atoms with Crippen LogP contribution in [-0.4, -0.2) is 16.5 Å². The number of fused-ring (bicyclic) bond motifs is 2. The summed E-state index contributed by atoms with van der Waals surface area (Å²) in [6, 6.07) is 17.6. The highest BCUT2D eigenvalue weighted by Crippen LogP contribution is 2.52. The Bertz CT molecular complexity index is 1320. The van der Waals surface area contributed by atoms with Crippen LogP contribution in [0.25, 0.3) is 21.2 Å². The number of aromatic amines is 1. The van der Waals surface area contributed by atoms with Crippen molar-refractivity contribution in [3.8, 4) is 11.1 Å². The molecule has 2 aliphatic rings. The number of rotatable bonds is 3. The van der Waals surface area contributed by atoms with E-state index in [0.717, 1.165) is 49.3 Å². The first-order chi connectivity index (χ1) is 14.7. The molecule has 1 aliphatic carbocycles. The predicted molar refractivity (Wildman–Crippen MR) is 122 cm³/mol. The second-order valence-electron chi connectivity index (χ2n) is 8.46. The van der Waals surface area contributed by atoms with Gasteiger partial charge in [-0.3, -0.25) is 4.79 Å². The Balaban J connectivity index is 1.42. The third-order valence-electron chi connectivity index (χ3n) is 6.57. The number of aromatic nitrogens is 2. The fraction of sp³-hybridized carbons (Fsp3) is 0.280. The maximum atomic E-state index is 12.8. The third kappa shape index (κ3) is 2.92. The van der Waals surface area contributed by atoms with Crippen molar-refractivity contribution in [1.82, 2.24) is 15.3 Å². The molecule has 150 valence electrons. The zero-order valence-corrected chi connectivity index (χ0v) is 17.5. The molecule has 4 aromatic rings. The molecule has 0 unspecified atom stereocenters. The number of hydrogen-bond donors (Lipinski definition) is 2. The van der Waals surface area contributed by atoms with E-state index in [4.69, 9.17) is 4.98 Å². The molecule has 0 spiro atoms. The van der Waals surface area contributed by atoms with Gasteiger partial charge in [-0.25, -0.2) is 4.98 Å². The van der Waals surface area contributed by atoms with E-state index in [1.54, 1.807) is 11.3 Å². The predicted octanol–water partition coefficient (Wildman–Crippen LogP) is 4.77. The van der Waals surface area contributed by atoms with E-state index in [-0.39, 0.29) is 11.0 Å². The first-order valence-corrected chi connectivity index (χ1v) is 11.5. The molecule has 2 N–H and O–H groups in total. The molecule has 0 atom stereocenters. The SMILES string of the molecule is O=c1[nH]c(C2(c3cccc(-c4ccc5sccc5c4)c3)CC2)nc2c1CNCCC2. The van der Waals surface area contributed by atoms with E-state index in [2.05, 4.69) is 64.2 Å². The average molecular weight is 414 g/mol. The summed E-state index contributed by atoms with van der Waals surface area (Å²) in [4.78, 5) is 20.9. The molecule has 1 fully saturated rings. The van der Waals surface area contributed by atoms with Crippen molar-refractivity contribution in [2.45, 2.75) is 37.6 Å². The molecule has 4 nitrogen and oxygen atoms in total. The lowest BCUT2D eigenvalue weighted by atomic mass is 9.91. The van der Waals surface area contributed by atoms with Gasteiger partial charge in [0.15, 0.2) is 0 Å². The van der Waals surface area contributed by atoms with Gasteiger partial charge < -0.3 is 10.3 Å². The summed E-state index contributed by atoms with van der Waals surface area (Å²) in [5.74, 6) is 0.846. The maximum Gasteiger partial charge on any atom is 0.255 e. The fourth-order valence-electron chi connectivity index (χ4n) is 4.68. The van der Waals surface area contributed by atoms with Gasteiger partial charge in [-0.1, -0.05) is 30.3 Å². The highest BCUT2D eigenvalue weighted by Gasteiger charge is 2.48. The van der Waals surface area contributed by atoms with Gasteiger partial charge in [0.05, 0.1) is 16.7 Å². The molecule has 1 saturated carbocycles. The lowest BCUT2D eigenvalue weighted by Crippen LogP contribution is -2.26. The minimum Gasteiger partial charge on any atom is -0.312 e. The third-order valence-corrected chi connectivity index (χ3v) is 7.47. The number of aryl methyl sites for hydroxylation is 1. The Morgan fingerprint density at radius 1 is 1.03 bits per heavy atom. The van der Waals surface area contributed by atoms with Crippen molar-refractivity contribution in [3.63, 3.8) is 0 Å². The molecule has 0 bridgehead atoms. The molecule has 30 heavy (non-hydrogen) atoms. The second-order valence-corrected chi connectivity index (χ2v) is 9.40. The van der Waals surface area contributed by atoms with Crippen LogP contribution in [0.2, 0.25) is 0 Å². The highest BCUT2D eigenvalue weighted by atomic mass is 32.1. The molecule has 0 saturated heterocycles. The Morgan fingerprint density at radius 3 is 2.83 bits per heavy atom. The van der Waals surface area contributed by atoms with Gasteiger partial charge >= 0.3 is 0 Å². The molecular formula is C25H23N3OS. The van der Waals surface area contributed by atoms with Crippen LogP contribution in [0.3, 0.4) is 0 Å². The van der Waals surface area contributed by atoms with Crippen LogP contribution >= 0.6 is 11.3 Å². The van der Waals surface area contributed by atoms with Gasteiger partial charge in [-0.15, -0.1) is 11.3 Å². The molecule has 0 amide bonds. The summed E-state index contributed by atoms with van der Waals surface area (Å²) in [5, 5.41) is 6.75. The van der Waals surface area contributed by atoms with Crippen LogP contribution in [0.15, 0.2) is 58.7 Å². The Labute approximate surface area is 179 Å². The number of benzene rings is 2. The van der Waals surface area contributed by atoms with E-state index in [1.807, 2.05) is 0 Å². The van der Waals surface area contributed by atoms with Crippen LogP contribution in [-0.2, 0) is 18.4 Å². The molecule has 6 rings (SSSR count). The molecule has 2 aromatic carbocycles. The Kier molecular flexibility index (Phi) is 4.15. The van der Waals surface area contributed by atoms with Crippen molar-refractivity contribution in [1.29, 1.82) is 0 Å².